The van der Waals surface area contributed by atoms with Crippen molar-refractivity contribution in [3.8, 4) is 0 Å². The molecule has 0 radical (unpaired) electrons. The number of nitrogens with zero attached hydrogens (tertiary/aromatic N) is 1. The number of nitrogens with one attached hydrogen (secondary N) is 3. The predicted octanol–water partition coefficient (Wildman–Crippen LogP) is -0.271. The van der Waals surface area contributed by atoms with Crippen molar-refractivity contribution in [2.24, 2.45) is 22.2 Å². The summed E-state index contributed by atoms with van der Waals surface area (Å²) in [6.45, 7) is 3.53. The lowest BCUT2D eigenvalue weighted by Gasteiger charge is -2.09. The zero-order chi connectivity index (χ0) is 20.2. The maximum absolute atomic E-state index is 11.6. The first-order valence-corrected chi connectivity index (χ1v) is 9.69. The molecule has 2 amide bonds. The summed E-state index contributed by atoms with van der Waals surface area (Å²) in [6.07, 6.45) is 6.18. The second-order valence-corrected chi connectivity index (χ2v) is 6.16. The Balaban J connectivity index is 3.37. The Bertz CT molecular complexity index is 415. The first-order chi connectivity index (χ1) is 13.1. The Labute approximate surface area is 162 Å². The minimum Gasteiger partial charge on any atom is -0.450 e. The minimum atomic E-state index is -0.522. The molecule has 0 saturated carbocycles. The molecule has 0 spiro atoms. The van der Waals surface area contributed by atoms with Crippen molar-refractivity contribution < 1.29 is 14.3 Å². The Morgan fingerprint density at radius 2 is 1.63 bits per heavy atom. The molecule has 0 aliphatic rings. The van der Waals surface area contributed by atoms with Gasteiger partial charge in [-0.2, -0.15) is 0 Å². The number of amides is 2. The number of alkyl carbamates (subject to hydrolysis) is 1. The molecule has 158 valence electrons. The fourth-order valence-corrected chi connectivity index (χ4v) is 2.18. The van der Waals surface area contributed by atoms with Gasteiger partial charge >= 0.3 is 6.09 Å². The molecule has 0 aliphatic heterocycles. The Morgan fingerprint density at radius 1 is 0.889 bits per heavy atom. The van der Waals surface area contributed by atoms with Crippen LogP contribution in [0.3, 0.4) is 0 Å². The maximum Gasteiger partial charge on any atom is 0.408 e. The van der Waals surface area contributed by atoms with E-state index >= 15 is 0 Å². The second kappa shape index (κ2) is 18.7. The van der Waals surface area contributed by atoms with E-state index in [-0.39, 0.29) is 18.5 Å². The molecule has 10 heteroatoms. The van der Waals surface area contributed by atoms with E-state index in [0.29, 0.717) is 26.1 Å². The molecule has 0 heterocycles. The normalized spacial score (nSPS) is 10.3. The van der Waals surface area contributed by atoms with E-state index in [4.69, 9.17) is 21.9 Å². The van der Waals surface area contributed by atoms with E-state index in [0.717, 1.165) is 58.0 Å². The van der Waals surface area contributed by atoms with E-state index in [1.54, 1.807) is 0 Å². The average molecular weight is 388 g/mol. The van der Waals surface area contributed by atoms with Crippen molar-refractivity contribution in [1.29, 1.82) is 0 Å². The third-order valence-corrected chi connectivity index (χ3v) is 3.66. The van der Waals surface area contributed by atoms with E-state index in [1.807, 2.05) is 0 Å². The molecule has 0 fully saturated rings. The Morgan fingerprint density at radius 3 is 2.37 bits per heavy atom. The molecule has 0 aliphatic carbocycles. The van der Waals surface area contributed by atoms with Gasteiger partial charge in [-0.05, 0) is 51.7 Å². The molecule has 0 bridgehead atoms. The summed E-state index contributed by atoms with van der Waals surface area (Å²) in [7, 11) is 0. The summed E-state index contributed by atoms with van der Waals surface area (Å²) in [5.74, 6) is 0.0128. The number of ether oxygens (including phenoxy) is 1. The summed E-state index contributed by atoms with van der Waals surface area (Å²) in [4.78, 5) is 27.0. The van der Waals surface area contributed by atoms with E-state index in [1.165, 1.54) is 0 Å². The zero-order valence-electron chi connectivity index (χ0n) is 16.3. The van der Waals surface area contributed by atoms with Gasteiger partial charge in [-0.3, -0.25) is 9.79 Å². The van der Waals surface area contributed by atoms with E-state index in [9.17, 15) is 9.59 Å². The minimum absolute atomic E-state index is 0.0722. The molecule has 0 saturated heterocycles. The lowest BCUT2D eigenvalue weighted by Crippen LogP contribution is -2.37. The monoisotopic (exact) mass is 387 g/mol. The molecule has 10 nitrogen and oxygen atoms in total. The third kappa shape index (κ3) is 20.1. The summed E-state index contributed by atoms with van der Waals surface area (Å²) in [5, 5.41) is 8.39. The molecule has 27 heavy (non-hydrogen) atoms. The first-order valence-electron chi connectivity index (χ1n) is 9.69. The van der Waals surface area contributed by atoms with Crippen LogP contribution in [0.4, 0.5) is 4.79 Å². The summed E-state index contributed by atoms with van der Waals surface area (Å²) in [6, 6.07) is 0. The molecule has 0 aromatic heterocycles. The van der Waals surface area contributed by atoms with Crippen LogP contribution in [0.5, 0.6) is 0 Å². The van der Waals surface area contributed by atoms with E-state index in [2.05, 4.69) is 20.9 Å². The van der Waals surface area contributed by atoms with Gasteiger partial charge in [0.1, 0.15) is 0 Å². The number of nitrogens with two attached hydrogens (primary N) is 3. The smallest absolute Gasteiger partial charge is 0.408 e. The fraction of sp³-hybridized carbons (Fsp3) is 0.824. The van der Waals surface area contributed by atoms with Crippen LogP contribution >= 0.6 is 0 Å². The fourth-order valence-electron chi connectivity index (χ4n) is 2.18. The van der Waals surface area contributed by atoms with Crippen LogP contribution in [-0.2, 0) is 9.53 Å². The van der Waals surface area contributed by atoms with Crippen molar-refractivity contribution in [3.63, 3.8) is 0 Å². The second-order valence-electron chi connectivity index (χ2n) is 6.16. The number of guanidine groups is 1. The van der Waals surface area contributed by atoms with Gasteiger partial charge in [-0.15, -0.1) is 0 Å². The van der Waals surface area contributed by atoms with Gasteiger partial charge in [0.05, 0.1) is 13.3 Å². The third-order valence-electron chi connectivity index (χ3n) is 3.66. The highest BCUT2D eigenvalue weighted by molar-refractivity contribution is 5.76. The lowest BCUT2D eigenvalue weighted by atomic mass is 10.1. The first kappa shape index (κ1) is 24.9. The standard InChI is InChI=1S/C17H37N7O3/c18-9-7-11-21-10-5-6-13-27-17(26)24-14-23-15(25)8-3-1-2-4-12-22-16(19)20/h21H,1-14,18H2,(H,23,25)(H,24,26)(H4,19,20,22). The largest absolute Gasteiger partial charge is 0.450 e. The topological polar surface area (TPSA) is 170 Å². The van der Waals surface area contributed by atoms with Crippen LogP contribution in [0.1, 0.15) is 51.4 Å². The van der Waals surface area contributed by atoms with Crippen LogP contribution in [0.25, 0.3) is 0 Å². The van der Waals surface area contributed by atoms with Gasteiger partial charge in [0, 0.05) is 13.0 Å². The molecule has 0 aromatic rings. The molecule has 0 atom stereocenters. The number of aliphatic imine (C=N–C) groups is 1. The number of carbonyl (C=O) groups excluding carboxylic acids is 2. The van der Waals surface area contributed by atoms with Gasteiger partial charge in [0.25, 0.3) is 0 Å². The summed E-state index contributed by atoms with van der Waals surface area (Å²) < 4.78 is 5.03. The van der Waals surface area contributed by atoms with Gasteiger partial charge in [-0.25, -0.2) is 4.79 Å². The van der Waals surface area contributed by atoms with Gasteiger partial charge in [0.2, 0.25) is 5.91 Å². The van der Waals surface area contributed by atoms with Gasteiger partial charge in [0.15, 0.2) is 5.96 Å². The highest BCUT2D eigenvalue weighted by Crippen LogP contribution is 2.03. The predicted molar refractivity (Wildman–Crippen MR) is 107 cm³/mol. The molecule has 0 aromatic carbocycles. The van der Waals surface area contributed by atoms with Crippen molar-refractivity contribution in [1.82, 2.24) is 16.0 Å². The highest BCUT2D eigenvalue weighted by atomic mass is 16.5. The molecule has 9 N–H and O–H groups in total. The molecule has 0 unspecified atom stereocenters. The van der Waals surface area contributed by atoms with Crippen LogP contribution in [0, 0.1) is 0 Å². The number of hydrogen-bond acceptors (Lipinski definition) is 6. The Hall–Kier alpha value is -2.07. The average Bonchev–Trinajstić information content (AvgIpc) is 2.63. The highest BCUT2D eigenvalue weighted by Gasteiger charge is 2.03. The Kier molecular flexibility index (Phi) is 17.3. The van der Waals surface area contributed by atoms with Gasteiger partial charge < -0.3 is 37.9 Å². The summed E-state index contributed by atoms with van der Waals surface area (Å²) >= 11 is 0. The SMILES string of the molecule is NCCCNCCCCOC(=O)NCNC(=O)CCCCCCN=C(N)N. The van der Waals surface area contributed by atoms with Crippen LogP contribution in [0.15, 0.2) is 4.99 Å². The van der Waals surface area contributed by atoms with Crippen molar-refractivity contribution in [2.45, 2.75) is 51.4 Å². The van der Waals surface area contributed by atoms with Crippen molar-refractivity contribution in [2.75, 3.05) is 39.5 Å². The molecular formula is C17H37N7O3. The molecule has 0 rings (SSSR count). The van der Waals surface area contributed by atoms with E-state index < -0.39 is 6.09 Å². The number of rotatable bonds is 17. The lowest BCUT2D eigenvalue weighted by molar-refractivity contribution is -0.121. The van der Waals surface area contributed by atoms with Crippen LogP contribution in [-0.4, -0.2) is 57.4 Å². The van der Waals surface area contributed by atoms with Crippen molar-refractivity contribution in [3.05, 3.63) is 0 Å². The van der Waals surface area contributed by atoms with Gasteiger partial charge in [-0.1, -0.05) is 12.8 Å². The maximum atomic E-state index is 11.6. The number of unbranched alkanes of at least 4 members (excludes halogenated alkanes) is 4. The zero-order valence-corrected chi connectivity index (χ0v) is 16.3. The number of hydrogen-bond donors (Lipinski definition) is 6. The number of carbonyl (C=O) groups is 2. The van der Waals surface area contributed by atoms with Crippen LogP contribution < -0.4 is 33.2 Å². The molecular weight excluding hydrogens is 350 g/mol. The van der Waals surface area contributed by atoms with Crippen LogP contribution in [0.2, 0.25) is 0 Å². The van der Waals surface area contributed by atoms with Crippen molar-refractivity contribution >= 4 is 18.0 Å². The quantitative estimate of drug-likeness (QED) is 0.0863. The summed E-state index contributed by atoms with van der Waals surface area (Å²) in [5.41, 5.74) is 15.9.